The zero-order chi connectivity index (χ0) is 28.0. The summed E-state index contributed by atoms with van der Waals surface area (Å²) in [6.45, 7) is 8.67. The molecule has 2 aliphatic rings. The summed E-state index contributed by atoms with van der Waals surface area (Å²) in [4.78, 5) is 40.0. The Morgan fingerprint density at radius 1 is 0.976 bits per heavy atom. The van der Waals surface area contributed by atoms with Crippen LogP contribution in [-0.2, 0) is 17.6 Å². The lowest BCUT2D eigenvalue weighted by molar-refractivity contribution is -0.128. The van der Waals surface area contributed by atoms with E-state index < -0.39 is 5.69 Å². The molecule has 1 fully saturated rings. The van der Waals surface area contributed by atoms with Crippen molar-refractivity contribution < 1.29 is 4.79 Å². The van der Waals surface area contributed by atoms with Crippen LogP contribution >= 0.6 is 11.6 Å². The lowest BCUT2D eigenvalue weighted by atomic mass is 9.99. The van der Waals surface area contributed by atoms with Crippen molar-refractivity contribution in [3.05, 3.63) is 106 Å². The highest BCUT2D eigenvalue weighted by Crippen LogP contribution is 2.36. The SMILES string of the molecule is C.C=CC(=O)N1C[C@H](C)N(c2nc(=O)n3c4nc(c(Cl)cc24)-c2ccccc2C/C=C\Cc2ccccc2-3)C[C@H]1C. The third kappa shape index (κ3) is 4.95. The quantitative estimate of drug-likeness (QED) is 0.219. The summed E-state index contributed by atoms with van der Waals surface area (Å²) in [6.07, 6.45) is 7.04. The molecule has 0 aliphatic carbocycles. The minimum atomic E-state index is -0.408. The van der Waals surface area contributed by atoms with E-state index in [0.717, 1.165) is 28.8 Å². The molecule has 2 aromatic heterocycles. The van der Waals surface area contributed by atoms with E-state index in [9.17, 15) is 9.59 Å². The van der Waals surface area contributed by atoms with Gasteiger partial charge < -0.3 is 9.80 Å². The molecule has 2 aromatic carbocycles. The molecular weight excluding hydrogens is 534 g/mol. The van der Waals surface area contributed by atoms with Crippen LogP contribution in [0.1, 0.15) is 32.4 Å². The topological polar surface area (TPSA) is 71.3 Å². The van der Waals surface area contributed by atoms with Crippen molar-refractivity contribution >= 4 is 34.4 Å². The van der Waals surface area contributed by atoms with Crippen LogP contribution in [0.2, 0.25) is 5.02 Å². The van der Waals surface area contributed by atoms with E-state index in [1.165, 1.54) is 6.08 Å². The molecule has 7 nitrogen and oxygen atoms in total. The molecule has 0 spiro atoms. The van der Waals surface area contributed by atoms with E-state index in [1.54, 1.807) is 9.47 Å². The summed E-state index contributed by atoms with van der Waals surface area (Å²) < 4.78 is 1.61. The normalized spacial score (nSPS) is 18.9. The van der Waals surface area contributed by atoms with Crippen LogP contribution < -0.4 is 10.6 Å². The number of pyridine rings is 1. The van der Waals surface area contributed by atoms with E-state index >= 15 is 0 Å². The number of fused-ring (bicyclic) bond motifs is 5. The Hall–Kier alpha value is -4.23. The van der Waals surface area contributed by atoms with E-state index in [-0.39, 0.29) is 25.4 Å². The van der Waals surface area contributed by atoms with Crippen LogP contribution in [-0.4, -0.2) is 50.5 Å². The fourth-order valence-electron chi connectivity index (χ4n) is 5.83. The van der Waals surface area contributed by atoms with Gasteiger partial charge in [0.15, 0.2) is 5.65 Å². The number of anilines is 1. The summed E-state index contributed by atoms with van der Waals surface area (Å²) >= 11 is 6.97. The first-order valence-corrected chi connectivity index (χ1v) is 13.9. The predicted molar refractivity (Wildman–Crippen MR) is 167 cm³/mol. The van der Waals surface area contributed by atoms with Crippen molar-refractivity contribution in [2.75, 3.05) is 18.0 Å². The Balaban J connectivity index is 0.00000337. The second-order valence-electron chi connectivity index (χ2n) is 10.5. The Morgan fingerprint density at radius 3 is 2.41 bits per heavy atom. The highest BCUT2D eigenvalue weighted by molar-refractivity contribution is 6.34. The molecule has 6 rings (SSSR count). The third-order valence-corrected chi connectivity index (χ3v) is 8.15. The molecule has 2 aliphatic heterocycles. The van der Waals surface area contributed by atoms with Gasteiger partial charge in [0, 0.05) is 30.7 Å². The van der Waals surface area contributed by atoms with Crippen molar-refractivity contribution in [1.29, 1.82) is 0 Å². The molecule has 2 bridgehead atoms. The van der Waals surface area contributed by atoms with E-state index in [4.69, 9.17) is 16.6 Å². The van der Waals surface area contributed by atoms with E-state index in [1.807, 2.05) is 62.4 Å². The Bertz CT molecular complexity index is 1740. The zero-order valence-electron chi connectivity index (χ0n) is 22.5. The van der Waals surface area contributed by atoms with Gasteiger partial charge in [-0.3, -0.25) is 4.79 Å². The van der Waals surface area contributed by atoms with Crippen molar-refractivity contribution in [2.24, 2.45) is 0 Å². The molecule has 4 aromatic rings. The van der Waals surface area contributed by atoms with Gasteiger partial charge in [-0.05, 0) is 56.0 Å². The monoisotopic (exact) mass is 567 g/mol. The largest absolute Gasteiger partial charge is 0.355 e. The first-order valence-electron chi connectivity index (χ1n) is 13.5. The minimum absolute atomic E-state index is 0. The van der Waals surface area contributed by atoms with Crippen LogP contribution in [0.3, 0.4) is 0 Å². The lowest BCUT2D eigenvalue weighted by Crippen LogP contribution is -2.58. The summed E-state index contributed by atoms with van der Waals surface area (Å²) in [5, 5.41) is 1.18. The first-order chi connectivity index (χ1) is 19.4. The standard InChI is InChI=1S/C32H30ClN5O2.CH4/c1-4-28(39)36-18-21(3)37(19-20(36)2)30-25-17-26(33)29-24-15-9-7-12-22(24)11-5-6-13-23-14-8-10-16-27(23)38(31(25)34-29)32(40)35-30;/h4-10,12,14-17,20-21H,1,11,13,18-19H2,2-3H3;1H4/b6-5-;/t20-,21+;/m1./s1. The average molecular weight is 568 g/mol. The molecule has 8 heteroatoms. The van der Waals surface area contributed by atoms with Gasteiger partial charge in [-0.25, -0.2) is 14.3 Å². The number of allylic oxidation sites excluding steroid dienone is 2. The Labute approximate surface area is 245 Å². The van der Waals surface area contributed by atoms with Crippen molar-refractivity contribution in [1.82, 2.24) is 19.4 Å². The molecule has 0 saturated carbocycles. The smallest absolute Gasteiger partial charge is 0.349 e. The molecule has 0 unspecified atom stereocenters. The van der Waals surface area contributed by atoms with Gasteiger partial charge in [-0.15, -0.1) is 0 Å². The minimum Gasteiger partial charge on any atom is -0.349 e. The zero-order valence-corrected chi connectivity index (χ0v) is 23.3. The summed E-state index contributed by atoms with van der Waals surface area (Å²) in [5.74, 6) is 0.423. The van der Waals surface area contributed by atoms with Crippen molar-refractivity contribution in [3.8, 4) is 16.9 Å². The van der Waals surface area contributed by atoms with Crippen molar-refractivity contribution in [3.63, 3.8) is 0 Å². The second-order valence-corrected chi connectivity index (χ2v) is 10.9. The number of hydrogen-bond donors (Lipinski definition) is 0. The molecule has 1 amide bonds. The molecule has 0 N–H and O–H groups in total. The molecule has 1 saturated heterocycles. The summed E-state index contributed by atoms with van der Waals surface area (Å²) in [6, 6.07) is 17.7. The number of carbonyl (C=O) groups is 1. The number of para-hydroxylation sites is 1. The maximum absolute atomic E-state index is 13.9. The van der Waals surface area contributed by atoms with Crippen LogP contribution in [0.5, 0.6) is 0 Å². The molecule has 0 radical (unpaired) electrons. The first kappa shape index (κ1) is 28.3. The van der Waals surface area contributed by atoms with Gasteiger partial charge in [0.2, 0.25) is 5.91 Å². The van der Waals surface area contributed by atoms with E-state index in [0.29, 0.717) is 47.1 Å². The number of nitrogens with zero attached hydrogens (tertiary/aromatic N) is 5. The van der Waals surface area contributed by atoms with Gasteiger partial charge in [0.1, 0.15) is 5.82 Å². The fourth-order valence-corrected chi connectivity index (χ4v) is 6.08. The Kier molecular flexibility index (Phi) is 7.82. The summed E-state index contributed by atoms with van der Waals surface area (Å²) in [5.41, 5.74) is 4.52. The number of rotatable bonds is 2. The Morgan fingerprint density at radius 2 is 1.66 bits per heavy atom. The summed E-state index contributed by atoms with van der Waals surface area (Å²) in [7, 11) is 0. The van der Waals surface area contributed by atoms with Gasteiger partial charge >= 0.3 is 5.69 Å². The highest BCUT2D eigenvalue weighted by Gasteiger charge is 2.33. The molecule has 210 valence electrons. The fraction of sp³-hybridized carbons (Fsp3) is 0.273. The van der Waals surface area contributed by atoms with Crippen LogP contribution in [0.4, 0.5) is 5.82 Å². The van der Waals surface area contributed by atoms with E-state index in [2.05, 4.69) is 34.7 Å². The maximum Gasteiger partial charge on any atom is 0.355 e. The number of aromatic nitrogens is 3. The average Bonchev–Trinajstić information content (AvgIpc) is 2.95. The van der Waals surface area contributed by atoms with Gasteiger partial charge in [-0.1, -0.05) is 80.2 Å². The number of halogens is 1. The van der Waals surface area contributed by atoms with Crippen LogP contribution in [0.25, 0.3) is 28.0 Å². The molecule has 4 heterocycles. The van der Waals surface area contributed by atoms with Crippen LogP contribution in [0.15, 0.2) is 84.2 Å². The number of carbonyl (C=O) groups excluding carboxylic acids is 1. The van der Waals surface area contributed by atoms with Gasteiger partial charge in [0.05, 0.1) is 21.8 Å². The number of piperazine rings is 1. The lowest BCUT2D eigenvalue weighted by Gasteiger charge is -2.44. The molecule has 2 atom stereocenters. The number of amides is 1. The van der Waals surface area contributed by atoms with Gasteiger partial charge in [0.25, 0.3) is 0 Å². The van der Waals surface area contributed by atoms with Crippen molar-refractivity contribution in [2.45, 2.75) is 46.2 Å². The van der Waals surface area contributed by atoms with Gasteiger partial charge in [-0.2, -0.15) is 4.98 Å². The molecular formula is C33H34ClN5O2. The maximum atomic E-state index is 13.9. The third-order valence-electron chi connectivity index (χ3n) is 7.86. The highest BCUT2D eigenvalue weighted by atomic mass is 35.5. The van der Waals surface area contributed by atoms with Crippen LogP contribution in [0, 0.1) is 0 Å². The second kappa shape index (κ2) is 11.3. The number of hydrogen-bond acceptors (Lipinski definition) is 5. The number of benzene rings is 2. The molecule has 41 heavy (non-hydrogen) atoms. The predicted octanol–water partition coefficient (Wildman–Crippen LogP) is 6.00.